The first-order valence-electron chi connectivity index (χ1n) is 10.9. The molecule has 4 nitrogen and oxygen atoms in total. The van der Waals surface area contributed by atoms with E-state index in [9.17, 15) is 19.8 Å². The van der Waals surface area contributed by atoms with Crippen molar-refractivity contribution >= 4 is 35.0 Å². The molecule has 0 aliphatic carbocycles. The van der Waals surface area contributed by atoms with E-state index in [1.807, 2.05) is 0 Å². The summed E-state index contributed by atoms with van der Waals surface area (Å²) in [7, 11) is 0. The van der Waals surface area contributed by atoms with Gasteiger partial charge in [0.1, 0.15) is 0 Å². The minimum absolute atomic E-state index is 0. The maximum Gasteiger partial charge on any atom is 2.00 e. The maximum atomic E-state index is 11.5. The van der Waals surface area contributed by atoms with Gasteiger partial charge in [-0.2, -0.15) is 0 Å². The van der Waals surface area contributed by atoms with E-state index >= 15 is 0 Å². The third-order valence-corrected chi connectivity index (χ3v) is 5.45. The number of carboxylic acids is 2. The summed E-state index contributed by atoms with van der Waals surface area (Å²) in [5.74, 6) is -2.94. The molecule has 0 amide bonds. The van der Waals surface area contributed by atoms with Gasteiger partial charge in [0.15, 0.2) is 0 Å². The molecule has 0 atom stereocenters. The molecule has 0 aliphatic heterocycles. The second-order valence-corrected chi connectivity index (χ2v) is 7.75. The third kappa shape index (κ3) is 13.5. The van der Waals surface area contributed by atoms with Crippen LogP contribution in [0.5, 0.6) is 0 Å². The van der Waals surface area contributed by atoms with E-state index in [1.54, 1.807) is 0 Å². The van der Waals surface area contributed by atoms with E-state index in [2.05, 4.69) is 13.8 Å². The van der Waals surface area contributed by atoms with Crippen molar-refractivity contribution in [1.29, 1.82) is 0 Å². The van der Waals surface area contributed by atoms with Gasteiger partial charge in [-0.1, -0.05) is 110 Å². The van der Waals surface area contributed by atoms with Gasteiger partial charge in [-0.15, -0.1) is 0 Å². The summed E-state index contributed by atoms with van der Waals surface area (Å²) in [5, 5.41) is 23.1. The second kappa shape index (κ2) is 19.0. The van der Waals surface area contributed by atoms with E-state index in [0.29, 0.717) is 12.8 Å². The molecule has 0 saturated carbocycles. The second-order valence-electron chi connectivity index (χ2n) is 7.75. The third-order valence-electron chi connectivity index (χ3n) is 5.45. The van der Waals surface area contributed by atoms with Crippen molar-refractivity contribution in [1.82, 2.24) is 0 Å². The molecule has 0 saturated heterocycles. The Morgan fingerprint density at radius 3 is 1.07 bits per heavy atom. The van der Waals surface area contributed by atoms with Crippen LogP contribution in [0, 0.1) is 5.41 Å². The molecule has 0 aromatic rings. The van der Waals surface area contributed by atoms with Crippen molar-refractivity contribution < 1.29 is 19.8 Å². The Labute approximate surface area is 183 Å². The Bertz CT molecular complexity index is 357. The topological polar surface area (TPSA) is 80.3 Å². The average molecular weight is 393 g/mol. The molecule has 0 spiro atoms. The molecule has 5 heteroatoms. The zero-order valence-corrected chi connectivity index (χ0v) is 19.3. The number of carbonyl (C=O) groups excluding carboxylic acids is 2. The van der Waals surface area contributed by atoms with E-state index in [4.69, 9.17) is 0 Å². The van der Waals surface area contributed by atoms with Crippen molar-refractivity contribution in [3.8, 4) is 0 Å². The molecule has 27 heavy (non-hydrogen) atoms. The van der Waals surface area contributed by atoms with Crippen molar-refractivity contribution in [2.24, 2.45) is 5.41 Å². The molecule has 154 valence electrons. The van der Waals surface area contributed by atoms with Gasteiger partial charge in [0.2, 0.25) is 0 Å². The fourth-order valence-electron chi connectivity index (χ4n) is 3.56. The summed E-state index contributed by atoms with van der Waals surface area (Å²) >= 11 is 0. The van der Waals surface area contributed by atoms with Crippen LogP contribution in [0.1, 0.15) is 123 Å². The summed E-state index contributed by atoms with van der Waals surface area (Å²) in [6, 6.07) is 0. The van der Waals surface area contributed by atoms with Crippen LogP contribution in [0.4, 0.5) is 0 Å². The van der Waals surface area contributed by atoms with Gasteiger partial charge in [-0.3, -0.25) is 0 Å². The molecule has 0 aromatic heterocycles. The zero-order valence-electron chi connectivity index (χ0n) is 17.9. The van der Waals surface area contributed by atoms with Crippen LogP contribution in [0.2, 0.25) is 0 Å². The number of carbonyl (C=O) groups is 2. The van der Waals surface area contributed by atoms with Crippen molar-refractivity contribution in [2.75, 3.05) is 0 Å². The summed E-state index contributed by atoms with van der Waals surface area (Å²) in [6.07, 6.45) is 16.3. The fraction of sp³-hybridized carbons (Fsp3) is 0.909. The Morgan fingerprint density at radius 1 is 0.556 bits per heavy atom. The van der Waals surface area contributed by atoms with Crippen molar-refractivity contribution in [3.05, 3.63) is 0 Å². The van der Waals surface area contributed by atoms with Gasteiger partial charge in [0.25, 0.3) is 0 Å². The Hall–Kier alpha value is -0.294. The van der Waals surface area contributed by atoms with Crippen LogP contribution < -0.4 is 10.2 Å². The predicted octanol–water partition coefficient (Wildman–Crippen LogP) is 3.76. The van der Waals surface area contributed by atoms with Gasteiger partial charge in [-0.25, -0.2) is 0 Å². The maximum absolute atomic E-state index is 11.5. The first-order valence-corrected chi connectivity index (χ1v) is 10.9. The monoisotopic (exact) mass is 392 g/mol. The number of aliphatic carboxylic acids is 2. The van der Waals surface area contributed by atoms with E-state index in [-0.39, 0.29) is 35.9 Å². The molecular formula is C22H40MgO4. The normalized spacial score (nSPS) is 11.2. The number of unbranched alkanes of at least 4 members (excludes halogenated alkanes) is 13. The Balaban J connectivity index is 0. The Morgan fingerprint density at radius 2 is 0.815 bits per heavy atom. The summed E-state index contributed by atoms with van der Waals surface area (Å²) < 4.78 is 0. The SMILES string of the molecule is CCCCCCCCCCCCC(CCCCCCC)(C(=O)[O-])C(=O)[O-].[Mg+2]. The Kier molecular flexibility index (Phi) is 20.4. The van der Waals surface area contributed by atoms with Gasteiger partial charge in [0, 0.05) is 5.41 Å². The van der Waals surface area contributed by atoms with Crippen molar-refractivity contribution in [2.45, 2.75) is 123 Å². The number of carboxylic acid groups (broad SMARTS) is 2. The molecule has 0 heterocycles. The molecule has 0 bridgehead atoms. The molecule has 0 fully saturated rings. The van der Waals surface area contributed by atoms with Gasteiger partial charge >= 0.3 is 23.1 Å². The quantitative estimate of drug-likeness (QED) is 0.190. The van der Waals surface area contributed by atoms with Gasteiger partial charge in [-0.05, 0) is 12.8 Å². The van der Waals surface area contributed by atoms with Crippen molar-refractivity contribution in [3.63, 3.8) is 0 Å². The number of rotatable bonds is 19. The zero-order chi connectivity index (χ0) is 19.7. The molecule has 0 radical (unpaired) electrons. The predicted molar refractivity (Wildman–Crippen MR) is 108 cm³/mol. The summed E-state index contributed by atoms with van der Waals surface area (Å²) in [6.45, 7) is 4.32. The molecule has 0 unspecified atom stereocenters. The molecular weight excluding hydrogens is 353 g/mol. The van der Waals surface area contributed by atoms with Crippen LogP contribution in [-0.4, -0.2) is 35.0 Å². The molecule has 0 rings (SSSR count). The van der Waals surface area contributed by atoms with Crippen LogP contribution in [-0.2, 0) is 9.59 Å². The smallest absolute Gasteiger partial charge is 0.549 e. The first kappa shape index (κ1) is 28.9. The first-order chi connectivity index (χ1) is 12.5. The number of hydrogen-bond donors (Lipinski definition) is 0. The minimum Gasteiger partial charge on any atom is -0.549 e. The summed E-state index contributed by atoms with van der Waals surface area (Å²) in [4.78, 5) is 23.1. The average Bonchev–Trinajstić information content (AvgIpc) is 2.60. The van der Waals surface area contributed by atoms with Gasteiger partial charge < -0.3 is 19.8 Å². The molecule has 0 aromatic carbocycles. The molecule has 0 N–H and O–H groups in total. The fourth-order valence-corrected chi connectivity index (χ4v) is 3.56. The van der Waals surface area contributed by atoms with Crippen LogP contribution >= 0.6 is 0 Å². The summed E-state index contributed by atoms with van der Waals surface area (Å²) in [5.41, 5.74) is -1.80. The van der Waals surface area contributed by atoms with E-state index < -0.39 is 17.4 Å². The largest absolute Gasteiger partial charge is 2.00 e. The standard InChI is InChI=1S/C22H42O4.Mg/c1-3-5-7-9-10-11-12-13-15-17-19-22(20(23)24,21(25)26)18-16-14-8-6-4-2;/h3-19H2,1-2H3,(H,23,24)(H,25,26);/q;+2/p-2. The van der Waals surface area contributed by atoms with E-state index in [0.717, 1.165) is 44.9 Å². The molecule has 0 aliphatic rings. The van der Waals surface area contributed by atoms with E-state index in [1.165, 1.54) is 38.5 Å². The van der Waals surface area contributed by atoms with Gasteiger partial charge in [0.05, 0.1) is 11.9 Å². The van der Waals surface area contributed by atoms with Crippen LogP contribution in [0.3, 0.4) is 0 Å². The number of hydrogen-bond acceptors (Lipinski definition) is 4. The minimum atomic E-state index is -1.80. The van der Waals surface area contributed by atoms with Crippen LogP contribution in [0.25, 0.3) is 0 Å². The van der Waals surface area contributed by atoms with Crippen LogP contribution in [0.15, 0.2) is 0 Å².